The molecule has 0 saturated heterocycles. The molecule has 18 heavy (non-hydrogen) atoms. The molecule has 0 radical (unpaired) electrons. The van der Waals surface area contributed by atoms with Crippen molar-refractivity contribution in [3.05, 3.63) is 54.1 Å². The van der Waals surface area contributed by atoms with Crippen molar-refractivity contribution in [2.75, 3.05) is 5.73 Å². The summed E-state index contributed by atoms with van der Waals surface area (Å²) < 4.78 is 0. The van der Waals surface area contributed by atoms with Crippen LogP contribution in [0.5, 0.6) is 0 Å². The van der Waals surface area contributed by atoms with Crippen LogP contribution in [0.15, 0.2) is 48.5 Å². The van der Waals surface area contributed by atoms with Crippen LogP contribution in [0.25, 0.3) is 22.2 Å². The van der Waals surface area contributed by atoms with E-state index in [0.29, 0.717) is 5.95 Å². The van der Waals surface area contributed by atoms with Gasteiger partial charge in [-0.15, -0.1) is 0 Å². The summed E-state index contributed by atoms with van der Waals surface area (Å²) in [5.74, 6) is 0.312. The molecular formula is C15H13N3. The summed E-state index contributed by atoms with van der Waals surface area (Å²) in [4.78, 5) is 8.69. The molecule has 0 aliphatic heterocycles. The number of aryl methyl sites for hydroxylation is 1. The fraction of sp³-hybridized carbons (Fsp3) is 0.0667. The Morgan fingerprint density at radius 2 is 1.67 bits per heavy atom. The average Bonchev–Trinajstić information content (AvgIpc) is 2.39. The number of hydrogen-bond acceptors (Lipinski definition) is 3. The third-order valence-corrected chi connectivity index (χ3v) is 3.00. The zero-order valence-electron chi connectivity index (χ0n) is 10.1. The van der Waals surface area contributed by atoms with Gasteiger partial charge >= 0.3 is 0 Å². The highest BCUT2D eigenvalue weighted by Crippen LogP contribution is 2.28. The van der Waals surface area contributed by atoms with Gasteiger partial charge in [-0.2, -0.15) is 0 Å². The topological polar surface area (TPSA) is 51.8 Å². The SMILES string of the molecule is Cc1cccc2nc(N)nc(-c3ccccc3)c12. The lowest BCUT2D eigenvalue weighted by molar-refractivity contribution is 1.23. The van der Waals surface area contributed by atoms with Crippen molar-refractivity contribution in [3.8, 4) is 11.3 Å². The number of rotatable bonds is 1. The molecule has 0 fully saturated rings. The Morgan fingerprint density at radius 1 is 0.889 bits per heavy atom. The number of fused-ring (bicyclic) bond motifs is 1. The van der Waals surface area contributed by atoms with Gasteiger partial charge in [-0.25, -0.2) is 9.97 Å². The van der Waals surface area contributed by atoms with Gasteiger partial charge in [0.15, 0.2) is 0 Å². The molecule has 3 aromatic rings. The van der Waals surface area contributed by atoms with Crippen molar-refractivity contribution in [3.63, 3.8) is 0 Å². The monoisotopic (exact) mass is 235 g/mol. The summed E-state index contributed by atoms with van der Waals surface area (Å²) in [6.45, 7) is 2.06. The molecule has 0 amide bonds. The van der Waals surface area contributed by atoms with Crippen molar-refractivity contribution in [1.29, 1.82) is 0 Å². The van der Waals surface area contributed by atoms with Crippen LogP contribution in [0.2, 0.25) is 0 Å². The molecule has 0 aliphatic carbocycles. The van der Waals surface area contributed by atoms with Crippen LogP contribution in [0.3, 0.4) is 0 Å². The molecule has 0 aliphatic rings. The quantitative estimate of drug-likeness (QED) is 0.704. The summed E-state index contributed by atoms with van der Waals surface area (Å²) in [6.07, 6.45) is 0. The first-order chi connectivity index (χ1) is 8.75. The van der Waals surface area contributed by atoms with Crippen LogP contribution in [-0.2, 0) is 0 Å². The molecule has 2 aromatic carbocycles. The molecule has 1 aromatic heterocycles. The predicted molar refractivity (Wildman–Crippen MR) is 74.1 cm³/mol. The molecule has 3 rings (SSSR count). The Bertz CT molecular complexity index is 706. The number of nitrogens with zero attached hydrogens (tertiary/aromatic N) is 2. The zero-order valence-corrected chi connectivity index (χ0v) is 10.1. The maximum Gasteiger partial charge on any atom is 0.221 e. The third-order valence-electron chi connectivity index (χ3n) is 3.00. The van der Waals surface area contributed by atoms with Gasteiger partial charge in [0.05, 0.1) is 11.2 Å². The predicted octanol–water partition coefficient (Wildman–Crippen LogP) is 3.19. The van der Waals surface area contributed by atoms with Crippen molar-refractivity contribution in [2.24, 2.45) is 0 Å². The molecule has 0 spiro atoms. The van der Waals surface area contributed by atoms with Crippen LogP contribution in [0.1, 0.15) is 5.56 Å². The van der Waals surface area contributed by atoms with Crippen molar-refractivity contribution >= 4 is 16.9 Å². The number of nitrogens with two attached hydrogens (primary N) is 1. The molecule has 3 heteroatoms. The molecule has 1 heterocycles. The number of anilines is 1. The summed E-state index contributed by atoms with van der Waals surface area (Å²) in [5.41, 5.74) is 9.80. The molecule has 0 atom stereocenters. The second-order valence-corrected chi connectivity index (χ2v) is 4.27. The van der Waals surface area contributed by atoms with Crippen molar-refractivity contribution < 1.29 is 0 Å². The Morgan fingerprint density at radius 3 is 2.44 bits per heavy atom. The molecule has 0 bridgehead atoms. The zero-order chi connectivity index (χ0) is 12.5. The largest absolute Gasteiger partial charge is 0.368 e. The third kappa shape index (κ3) is 1.70. The van der Waals surface area contributed by atoms with Crippen LogP contribution in [0, 0.1) is 6.92 Å². The van der Waals surface area contributed by atoms with Crippen LogP contribution < -0.4 is 5.73 Å². The summed E-state index contributed by atoms with van der Waals surface area (Å²) >= 11 is 0. The molecular weight excluding hydrogens is 222 g/mol. The first-order valence-electron chi connectivity index (χ1n) is 5.84. The number of aromatic nitrogens is 2. The highest BCUT2D eigenvalue weighted by Gasteiger charge is 2.09. The van der Waals surface area contributed by atoms with Crippen molar-refractivity contribution in [2.45, 2.75) is 6.92 Å². The van der Waals surface area contributed by atoms with Crippen LogP contribution >= 0.6 is 0 Å². The van der Waals surface area contributed by atoms with Crippen molar-refractivity contribution in [1.82, 2.24) is 9.97 Å². The lowest BCUT2D eigenvalue weighted by Crippen LogP contribution is -1.99. The van der Waals surface area contributed by atoms with Crippen LogP contribution in [0.4, 0.5) is 5.95 Å². The average molecular weight is 235 g/mol. The molecule has 0 saturated carbocycles. The van der Waals surface area contributed by atoms with Crippen LogP contribution in [-0.4, -0.2) is 9.97 Å². The highest BCUT2D eigenvalue weighted by atomic mass is 15.0. The van der Waals surface area contributed by atoms with E-state index >= 15 is 0 Å². The lowest BCUT2D eigenvalue weighted by Gasteiger charge is -2.09. The maximum absolute atomic E-state index is 5.79. The van der Waals surface area contributed by atoms with Gasteiger partial charge in [0, 0.05) is 10.9 Å². The Labute approximate surface area is 105 Å². The summed E-state index contributed by atoms with van der Waals surface area (Å²) in [6, 6.07) is 16.1. The minimum absolute atomic E-state index is 0.312. The molecule has 0 unspecified atom stereocenters. The first-order valence-corrected chi connectivity index (χ1v) is 5.84. The Balaban J connectivity index is 2.41. The minimum Gasteiger partial charge on any atom is -0.368 e. The van der Waals surface area contributed by atoms with E-state index in [0.717, 1.165) is 27.7 Å². The van der Waals surface area contributed by atoms with Gasteiger partial charge in [0.25, 0.3) is 0 Å². The highest BCUT2D eigenvalue weighted by molar-refractivity contribution is 5.95. The standard InChI is InChI=1S/C15H13N3/c1-10-6-5-9-12-13(10)14(18-15(16)17-12)11-7-3-2-4-8-11/h2-9H,1H3,(H2,16,17,18). The van der Waals surface area contributed by atoms with Gasteiger partial charge in [0.2, 0.25) is 5.95 Å². The minimum atomic E-state index is 0.312. The second kappa shape index (κ2) is 4.11. The molecule has 3 nitrogen and oxygen atoms in total. The van der Waals surface area contributed by atoms with E-state index in [1.54, 1.807) is 0 Å². The summed E-state index contributed by atoms with van der Waals surface area (Å²) in [5, 5.41) is 1.07. The van der Waals surface area contributed by atoms with E-state index in [2.05, 4.69) is 23.0 Å². The Hall–Kier alpha value is -2.42. The lowest BCUT2D eigenvalue weighted by atomic mass is 10.0. The van der Waals surface area contributed by atoms with E-state index in [4.69, 9.17) is 5.73 Å². The smallest absolute Gasteiger partial charge is 0.221 e. The first kappa shape index (κ1) is 10.7. The normalized spacial score (nSPS) is 10.7. The van der Waals surface area contributed by atoms with Gasteiger partial charge in [-0.3, -0.25) is 0 Å². The number of hydrogen-bond donors (Lipinski definition) is 1. The summed E-state index contributed by atoms with van der Waals surface area (Å²) in [7, 11) is 0. The van der Waals surface area contributed by atoms with E-state index in [1.807, 2.05) is 42.5 Å². The fourth-order valence-corrected chi connectivity index (χ4v) is 2.18. The van der Waals surface area contributed by atoms with Gasteiger partial charge in [-0.1, -0.05) is 42.5 Å². The second-order valence-electron chi connectivity index (χ2n) is 4.27. The van der Waals surface area contributed by atoms with E-state index in [1.165, 1.54) is 0 Å². The van der Waals surface area contributed by atoms with Gasteiger partial charge in [0.1, 0.15) is 0 Å². The maximum atomic E-state index is 5.79. The fourth-order valence-electron chi connectivity index (χ4n) is 2.18. The van der Waals surface area contributed by atoms with E-state index in [9.17, 15) is 0 Å². The van der Waals surface area contributed by atoms with E-state index in [-0.39, 0.29) is 0 Å². The van der Waals surface area contributed by atoms with E-state index < -0.39 is 0 Å². The van der Waals surface area contributed by atoms with Gasteiger partial charge in [-0.05, 0) is 18.6 Å². The van der Waals surface area contributed by atoms with Gasteiger partial charge < -0.3 is 5.73 Å². The molecule has 2 N–H and O–H groups in total. The Kier molecular flexibility index (Phi) is 2.45. The number of nitrogen functional groups attached to an aromatic ring is 1. The number of benzene rings is 2. The molecule has 88 valence electrons.